The topological polar surface area (TPSA) is 72.8 Å². The van der Waals surface area contributed by atoms with Crippen molar-refractivity contribution < 1.29 is 28.6 Å². The summed E-state index contributed by atoms with van der Waals surface area (Å²) in [4.78, 5) is 24.0. The molecule has 166 valence electrons. The van der Waals surface area contributed by atoms with E-state index in [9.17, 15) is 14.0 Å². The van der Waals surface area contributed by atoms with Gasteiger partial charge in [-0.3, -0.25) is 4.79 Å². The number of esters is 1. The Morgan fingerprint density at radius 2 is 1.78 bits per heavy atom. The molecule has 0 saturated heterocycles. The maximum Gasteiger partial charge on any atom is 0.335 e. The summed E-state index contributed by atoms with van der Waals surface area (Å²) in [6.45, 7) is 2.10. The van der Waals surface area contributed by atoms with Gasteiger partial charge in [-0.1, -0.05) is 42.5 Å². The third-order valence-electron chi connectivity index (χ3n) is 6.24. The second kappa shape index (κ2) is 8.99. The number of aromatic carboxylic acids is 1. The fraction of sp³-hybridized carbons (Fsp3) is 0.308. The van der Waals surface area contributed by atoms with Crippen LogP contribution in [-0.2, 0) is 16.1 Å². The summed E-state index contributed by atoms with van der Waals surface area (Å²) in [5.74, 6) is -2.06. The zero-order valence-corrected chi connectivity index (χ0v) is 17.8. The molecule has 0 radical (unpaired) electrons. The summed E-state index contributed by atoms with van der Waals surface area (Å²) >= 11 is 0. The van der Waals surface area contributed by atoms with Gasteiger partial charge < -0.3 is 14.6 Å². The van der Waals surface area contributed by atoms with Crippen molar-refractivity contribution in [2.75, 3.05) is 0 Å². The summed E-state index contributed by atoms with van der Waals surface area (Å²) < 4.78 is 25.5. The molecule has 6 heteroatoms. The second-order valence-electron chi connectivity index (χ2n) is 8.54. The van der Waals surface area contributed by atoms with Gasteiger partial charge in [0.25, 0.3) is 0 Å². The smallest absolute Gasteiger partial charge is 0.335 e. The van der Waals surface area contributed by atoms with Crippen LogP contribution in [0.5, 0.6) is 5.75 Å². The van der Waals surface area contributed by atoms with E-state index < -0.39 is 17.2 Å². The standard InChI is InChI=1S/C26H25FO5/c1-26(25(30)31-16-19-7-4-6-17-5-2-3-8-21(17)19)13-11-20(12-14-26)32-23-15-18(24(28)29)9-10-22(23)27/h2-10,15,20H,11-14,16H2,1H3,(H,28,29). The fourth-order valence-corrected chi connectivity index (χ4v) is 4.19. The van der Waals surface area contributed by atoms with Crippen LogP contribution in [0.4, 0.5) is 4.39 Å². The monoisotopic (exact) mass is 436 g/mol. The lowest BCUT2D eigenvalue weighted by Crippen LogP contribution is -2.37. The van der Waals surface area contributed by atoms with Crippen LogP contribution in [0, 0.1) is 11.2 Å². The van der Waals surface area contributed by atoms with E-state index in [4.69, 9.17) is 14.6 Å². The van der Waals surface area contributed by atoms with Crippen molar-refractivity contribution >= 4 is 22.7 Å². The molecule has 1 fully saturated rings. The minimum Gasteiger partial charge on any atom is -0.487 e. The van der Waals surface area contributed by atoms with E-state index >= 15 is 0 Å². The Kier molecular flexibility index (Phi) is 6.12. The first-order valence-corrected chi connectivity index (χ1v) is 10.7. The molecule has 5 nitrogen and oxygen atoms in total. The summed E-state index contributed by atoms with van der Waals surface area (Å²) in [5, 5.41) is 11.3. The van der Waals surface area contributed by atoms with Crippen molar-refractivity contribution in [2.24, 2.45) is 5.41 Å². The van der Waals surface area contributed by atoms with Gasteiger partial charge in [0.15, 0.2) is 11.6 Å². The molecule has 0 bridgehead atoms. The number of fused-ring (bicyclic) bond motifs is 1. The molecule has 1 aliphatic carbocycles. The predicted molar refractivity (Wildman–Crippen MR) is 118 cm³/mol. The molecule has 4 rings (SSSR count). The van der Waals surface area contributed by atoms with E-state index in [1.807, 2.05) is 49.4 Å². The summed E-state index contributed by atoms with van der Waals surface area (Å²) in [6, 6.07) is 17.4. The number of benzene rings is 3. The molecule has 3 aromatic carbocycles. The zero-order chi connectivity index (χ0) is 22.7. The minimum absolute atomic E-state index is 0.0286. The normalized spacial score (nSPS) is 20.6. The van der Waals surface area contributed by atoms with E-state index in [2.05, 4.69) is 0 Å². The molecular weight excluding hydrogens is 411 g/mol. The van der Waals surface area contributed by atoms with Crippen LogP contribution in [0.25, 0.3) is 10.8 Å². The number of ether oxygens (including phenoxy) is 2. The van der Waals surface area contributed by atoms with Gasteiger partial charge in [0.05, 0.1) is 17.1 Å². The Balaban J connectivity index is 1.36. The number of hydrogen-bond acceptors (Lipinski definition) is 4. The number of carbonyl (C=O) groups excluding carboxylic acids is 1. The molecule has 0 aliphatic heterocycles. The van der Waals surface area contributed by atoms with E-state index in [0.29, 0.717) is 25.7 Å². The number of carbonyl (C=O) groups is 2. The Morgan fingerprint density at radius 3 is 2.53 bits per heavy atom. The van der Waals surface area contributed by atoms with Crippen molar-refractivity contribution in [3.05, 3.63) is 77.6 Å². The van der Waals surface area contributed by atoms with E-state index in [1.54, 1.807) is 0 Å². The van der Waals surface area contributed by atoms with Crippen LogP contribution < -0.4 is 4.74 Å². The lowest BCUT2D eigenvalue weighted by atomic mass is 9.74. The average Bonchev–Trinajstić information content (AvgIpc) is 2.80. The minimum atomic E-state index is -1.14. The van der Waals surface area contributed by atoms with Crippen molar-refractivity contribution in [1.82, 2.24) is 0 Å². The molecule has 1 aliphatic rings. The fourth-order valence-electron chi connectivity index (χ4n) is 4.19. The van der Waals surface area contributed by atoms with Crippen LogP contribution in [0.15, 0.2) is 60.7 Å². The van der Waals surface area contributed by atoms with E-state index in [1.165, 1.54) is 12.1 Å². The van der Waals surface area contributed by atoms with Crippen LogP contribution in [0.1, 0.15) is 48.5 Å². The molecule has 0 heterocycles. The highest BCUT2D eigenvalue weighted by atomic mass is 19.1. The zero-order valence-electron chi connectivity index (χ0n) is 17.8. The van der Waals surface area contributed by atoms with Crippen LogP contribution in [-0.4, -0.2) is 23.1 Å². The van der Waals surface area contributed by atoms with Crippen LogP contribution in [0.3, 0.4) is 0 Å². The number of hydrogen-bond donors (Lipinski definition) is 1. The summed E-state index contributed by atoms with van der Waals surface area (Å²) in [5.41, 5.74) is 0.302. The number of carboxylic acid groups (broad SMARTS) is 1. The molecule has 1 N–H and O–H groups in total. The first kappa shape index (κ1) is 21.8. The Bertz CT molecular complexity index is 1140. The Morgan fingerprint density at radius 1 is 1.06 bits per heavy atom. The van der Waals surface area contributed by atoms with Gasteiger partial charge in [0, 0.05) is 0 Å². The largest absolute Gasteiger partial charge is 0.487 e. The molecule has 0 atom stereocenters. The Hall–Kier alpha value is -3.41. The van der Waals surface area contributed by atoms with Gasteiger partial charge >= 0.3 is 11.9 Å². The number of carboxylic acids is 1. The third-order valence-corrected chi connectivity index (χ3v) is 6.24. The lowest BCUT2D eigenvalue weighted by molar-refractivity contribution is -0.159. The highest BCUT2D eigenvalue weighted by molar-refractivity contribution is 5.88. The molecule has 3 aromatic rings. The van der Waals surface area contributed by atoms with E-state index in [0.717, 1.165) is 22.4 Å². The number of halogens is 1. The van der Waals surface area contributed by atoms with Crippen molar-refractivity contribution in [3.8, 4) is 5.75 Å². The highest BCUT2D eigenvalue weighted by Crippen LogP contribution is 2.39. The van der Waals surface area contributed by atoms with Crippen molar-refractivity contribution in [2.45, 2.75) is 45.3 Å². The maximum atomic E-state index is 14.0. The van der Waals surface area contributed by atoms with Gasteiger partial charge in [-0.15, -0.1) is 0 Å². The molecular formula is C26H25FO5. The molecule has 1 saturated carbocycles. The van der Waals surface area contributed by atoms with Gasteiger partial charge in [0.2, 0.25) is 0 Å². The molecule has 32 heavy (non-hydrogen) atoms. The highest BCUT2D eigenvalue weighted by Gasteiger charge is 2.39. The van der Waals surface area contributed by atoms with E-state index in [-0.39, 0.29) is 30.0 Å². The lowest BCUT2D eigenvalue weighted by Gasteiger charge is -2.35. The third kappa shape index (κ3) is 4.59. The quantitative estimate of drug-likeness (QED) is 0.498. The molecule has 0 amide bonds. The van der Waals surface area contributed by atoms with Gasteiger partial charge in [-0.25, -0.2) is 9.18 Å². The van der Waals surface area contributed by atoms with Crippen LogP contribution >= 0.6 is 0 Å². The second-order valence-corrected chi connectivity index (χ2v) is 8.54. The number of rotatable bonds is 6. The van der Waals surface area contributed by atoms with Crippen LogP contribution in [0.2, 0.25) is 0 Å². The SMILES string of the molecule is CC1(C(=O)OCc2cccc3ccccc23)CCC(Oc2cc(C(=O)O)ccc2F)CC1. The first-order chi connectivity index (χ1) is 15.4. The average molecular weight is 436 g/mol. The summed E-state index contributed by atoms with van der Waals surface area (Å²) in [7, 11) is 0. The molecule has 0 spiro atoms. The first-order valence-electron chi connectivity index (χ1n) is 10.7. The van der Waals surface area contributed by atoms with Gasteiger partial charge in [0.1, 0.15) is 6.61 Å². The predicted octanol–water partition coefficient (Wildman–Crippen LogP) is 5.75. The summed E-state index contributed by atoms with van der Waals surface area (Å²) in [6.07, 6.45) is 1.92. The van der Waals surface area contributed by atoms with Gasteiger partial charge in [-0.2, -0.15) is 0 Å². The molecule has 0 aromatic heterocycles. The van der Waals surface area contributed by atoms with Crippen molar-refractivity contribution in [1.29, 1.82) is 0 Å². The Labute approximate surface area is 185 Å². The van der Waals surface area contributed by atoms with Crippen molar-refractivity contribution in [3.63, 3.8) is 0 Å². The van der Waals surface area contributed by atoms with Gasteiger partial charge in [-0.05, 0) is 67.1 Å². The molecule has 0 unspecified atom stereocenters. The maximum absolute atomic E-state index is 14.0.